The van der Waals surface area contributed by atoms with Gasteiger partial charge in [0.25, 0.3) is 0 Å². The smallest absolute Gasteiger partial charge is 0.232 e. The fraction of sp³-hybridized carbons (Fsp3) is 0.500. The maximum absolute atomic E-state index is 12.1. The summed E-state index contributed by atoms with van der Waals surface area (Å²) in [7, 11) is 0. The lowest BCUT2D eigenvalue weighted by atomic mass is 10.2. The lowest BCUT2D eigenvalue weighted by Gasteiger charge is -2.21. The molecule has 0 bridgehead atoms. The van der Waals surface area contributed by atoms with Gasteiger partial charge in [-0.2, -0.15) is 0 Å². The summed E-state index contributed by atoms with van der Waals surface area (Å²) in [6.45, 7) is 1.68. The number of hydrogen-bond acceptors (Lipinski definition) is 4. The van der Waals surface area contributed by atoms with E-state index in [4.69, 9.17) is 16.3 Å². The molecule has 0 radical (unpaired) electrons. The number of carbonyl (C=O) groups excluding carboxylic acids is 1. The second-order valence-electron chi connectivity index (χ2n) is 4.65. The van der Waals surface area contributed by atoms with E-state index in [0.29, 0.717) is 37.8 Å². The van der Waals surface area contributed by atoms with Gasteiger partial charge < -0.3 is 14.7 Å². The number of aliphatic hydroxyl groups is 1. The van der Waals surface area contributed by atoms with Gasteiger partial charge in [0.2, 0.25) is 5.91 Å². The van der Waals surface area contributed by atoms with Crippen LogP contribution in [0.5, 0.6) is 0 Å². The van der Waals surface area contributed by atoms with E-state index in [-0.39, 0.29) is 5.91 Å². The third-order valence-corrected chi connectivity index (χ3v) is 4.38. The third-order valence-electron chi connectivity index (χ3n) is 3.04. The van der Waals surface area contributed by atoms with Crippen molar-refractivity contribution in [3.63, 3.8) is 0 Å². The number of nitrogens with zero attached hydrogens (tertiary/aromatic N) is 1. The number of ether oxygens (including phenoxy) is 1. The lowest BCUT2D eigenvalue weighted by molar-refractivity contribution is -0.129. The SMILES string of the molecule is O=C(CSCc1ccccc1Cl)N1CCOC[C@H](O)C1. The number of carbonyl (C=O) groups is 1. The lowest BCUT2D eigenvalue weighted by Crippen LogP contribution is -2.38. The molecule has 1 N–H and O–H groups in total. The summed E-state index contributed by atoms with van der Waals surface area (Å²) in [5.74, 6) is 1.13. The van der Waals surface area contributed by atoms with Gasteiger partial charge in [-0.25, -0.2) is 0 Å². The number of β-amino-alcohol motifs (C(OH)–C–C–N with tert-alkyl or cyclic N) is 1. The first kappa shape index (κ1) is 15.6. The van der Waals surface area contributed by atoms with E-state index in [1.54, 1.807) is 4.90 Å². The van der Waals surface area contributed by atoms with E-state index in [0.717, 1.165) is 10.6 Å². The number of hydrogen-bond donors (Lipinski definition) is 1. The summed E-state index contributed by atoms with van der Waals surface area (Å²) in [6, 6.07) is 7.64. The van der Waals surface area contributed by atoms with Crippen LogP contribution in [0, 0.1) is 0 Å². The molecule has 1 atom stereocenters. The number of amides is 1. The fourth-order valence-electron chi connectivity index (χ4n) is 1.97. The molecule has 1 fully saturated rings. The minimum Gasteiger partial charge on any atom is -0.389 e. The molecule has 1 aliphatic rings. The van der Waals surface area contributed by atoms with Crippen molar-refractivity contribution >= 4 is 29.3 Å². The highest BCUT2D eigenvalue weighted by Gasteiger charge is 2.20. The highest BCUT2D eigenvalue weighted by molar-refractivity contribution is 7.99. The number of thioether (sulfide) groups is 1. The summed E-state index contributed by atoms with van der Waals surface area (Å²) in [5, 5.41) is 10.3. The zero-order chi connectivity index (χ0) is 14.4. The van der Waals surface area contributed by atoms with E-state index < -0.39 is 6.10 Å². The van der Waals surface area contributed by atoms with Crippen molar-refractivity contribution in [2.75, 3.05) is 32.1 Å². The van der Waals surface area contributed by atoms with Crippen LogP contribution < -0.4 is 0 Å². The molecule has 1 aromatic rings. The van der Waals surface area contributed by atoms with Crippen LogP contribution in [0.15, 0.2) is 24.3 Å². The van der Waals surface area contributed by atoms with Crippen LogP contribution in [0.3, 0.4) is 0 Å². The van der Waals surface area contributed by atoms with Crippen molar-refractivity contribution in [3.8, 4) is 0 Å². The van der Waals surface area contributed by atoms with Gasteiger partial charge in [0.15, 0.2) is 0 Å². The molecular formula is C14H18ClNO3S. The molecule has 4 nitrogen and oxygen atoms in total. The second kappa shape index (κ2) is 7.88. The minimum atomic E-state index is -0.588. The molecule has 2 rings (SSSR count). The van der Waals surface area contributed by atoms with Crippen LogP contribution in [0.2, 0.25) is 5.02 Å². The van der Waals surface area contributed by atoms with E-state index in [1.807, 2.05) is 24.3 Å². The molecule has 20 heavy (non-hydrogen) atoms. The molecule has 1 saturated heterocycles. The van der Waals surface area contributed by atoms with Crippen LogP contribution in [-0.2, 0) is 15.3 Å². The minimum absolute atomic E-state index is 0.0339. The highest BCUT2D eigenvalue weighted by Crippen LogP contribution is 2.21. The van der Waals surface area contributed by atoms with Crippen LogP contribution in [0.4, 0.5) is 0 Å². The van der Waals surface area contributed by atoms with Crippen LogP contribution in [-0.4, -0.2) is 54.1 Å². The van der Waals surface area contributed by atoms with Gasteiger partial charge in [0.1, 0.15) is 0 Å². The van der Waals surface area contributed by atoms with Crippen LogP contribution in [0.1, 0.15) is 5.56 Å². The van der Waals surface area contributed by atoms with E-state index in [1.165, 1.54) is 11.8 Å². The maximum Gasteiger partial charge on any atom is 0.232 e. The Kier molecular flexibility index (Phi) is 6.16. The number of aliphatic hydroxyl groups excluding tert-OH is 1. The Morgan fingerprint density at radius 1 is 1.50 bits per heavy atom. The third kappa shape index (κ3) is 4.66. The monoisotopic (exact) mass is 315 g/mol. The molecule has 0 saturated carbocycles. The molecule has 1 aliphatic heterocycles. The van der Waals surface area contributed by atoms with Crippen LogP contribution >= 0.6 is 23.4 Å². The molecule has 6 heteroatoms. The Labute approximate surface area is 128 Å². The number of halogens is 1. The van der Waals surface area contributed by atoms with Crippen molar-refractivity contribution < 1.29 is 14.6 Å². The molecule has 0 aliphatic carbocycles. The van der Waals surface area contributed by atoms with Gasteiger partial charge in [0.05, 0.1) is 25.1 Å². The first-order valence-electron chi connectivity index (χ1n) is 6.51. The van der Waals surface area contributed by atoms with Crippen molar-refractivity contribution in [2.45, 2.75) is 11.9 Å². The molecule has 1 heterocycles. The summed E-state index contributed by atoms with van der Waals surface area (Å²) in [4.78, 5) is 13.7. The predicted molar refractivity (Wildman–Crippen MR) is 81.0 cm³/mol. The van der Waals surface area contributed by atoms with E-state index >= 15 is 0 Å². The average Bonchev–Trinajstić information content (AvgIpc) is 2.65. The predicted octanol–water partition coefficient (Wildman–Crippen LogP) is 1.79. The Hall–Kier alpha value is -0.750. The molecule has 1 aromatic carbocycles. The summed E-state index contributed by atoms with van der Waals surface area (Å²) < 4.78 is 5.21. The quantitative estimate of drug-likeness (QED) is 0.920. The molecule has 0 unspecified atom stereocenters. The van der Waals surface area contributed by atoms with Gasteiger partial charge in [-0.05, 0) is 11.6 Å². The van der Waals surface area contributed by atoms with Crippen molar-refractivity contribution in [2.24, 2.45) is 0 Å². The average molecular weight is 316 g/mol. The Morgan fingerprint density at radius 2 is 2.30 bits per heavy atom. The first-order valence-corrected chi connectivity index (χ1v) is 8.05. The summed E-state index contributed by atoms with van der Waals surface area (Å²) in [5.41, 5.74) is 1.03. The highest BCUT2D eigenvalue weighted by atomic mass is 35.5. The van der Waals surface area contributed by atoms with Crippen molar-refractivity contribution in [1.82, 2.24) is 4.90 Å². The Balaban J connectivity index is 1.78. The van der Waals surface area contributed by atoms with Crippen molar-refractivity contribution in [3.05, 3.63) is 34.9 Å². The summed E-state index contributed by atoms with van der Waals surface area (Å²) >= 11 is 7.60. The molecular weight excluding hydrogens is 298 g/mol. The Bertz CT molecular complexity index is 458. The van der Waals surface area contributed by atoms with Gasteiger partial charge in [0, 0.05) is 23.9 Å². The molecule has 110 valence electrons. The molecule has 1 amide bonds. The standard InChI is InChI=1S/C14H18ClNO3S/c15-13-4-2-1-3-11(13)9-20-10-14(18)16-5-6-19-8-12(17)7-16/h1-4,12,17H,5-10H2/t12-/m1/s1. The van der Waals surface area contributed by atoms with E-state index in [9.17, 15) is 9.90 Å². The number of benzene rings is 1. The number of rotatable bonds is 4. The zero-order valence-corrected chi connectivity index (χ0v) is 12.7. The largest absolute Gasteiger partial charge is 0.389 e. The van der Waals surface area contributed by atoms with Crippen molar-refractivity contribution in [1.29, 1.82) is 0 Å². The van der Waals surface area contributed by atoms with Gasteiger partial charge in [-0.3, -0.25) is 4.79 Å². The Morgan fingerprint density at radius 3 is 3.10 bits per heavy atom. The van der Waals surface area contributed by atoms with Crippen LogP contribution in [0.25, 0.3) is 0 Å². The topological polar surface area (TPSA) is 49.8 Å². The van der Waals surface area contributed by atoms with Gasteiger partial charge in [-0.15, -0.1) is 11.8 Å². The molecule has 0 spiro atoms. The van der Waals surface area contributed by atoms with Gasteiger partial charge >= 0.3 is 0 Å². The summed E-state index contributed by atoms with van der Waals surface area (Å²) in [6.07, 6.45) is -0.588. The fourth-order valence-corrected chi connectivity index (χ4v) is 3.19. The zero-order valence-electron chi connectivity index (χ0n) is 11.1. The maximum atomic E-state index is 12.1. The normalized spacial score (nSPS) is 19.7. The van der Waals surface area contributed by atoms with E-state index in [2.05, 4.69) is 0 Å². The van der Waals surface area contributed by atoms with Gasteiger partial charge in [-0.1, -0.05) is 29.8 Å². The first-order chi connectivity index (χ1) is 9.66. The molecule has 0 aromatic heterocycles. The second-order valence-corrected chi connectivity index (χ2v) is 6.05.